The molecule has 0 aliphatic carbocycles. The van der Waals surface area contributed by atoms with Crippen LogP contribution >= 0.6 is 0 Å². The van der Waals surface area contributed by atoms with Gasteiger partial charge < -0.3 is 14.8 Å². The molecule has 1 aromatic heterocycles. The Morgan fingerprint density at radius 3 is 2.60 bits per heavy atom. The van der Waals surface area contributed by atoms with E-state index in [1.54, 1.807) is 6.20 Å². The summed E-state index contributed by atoms with van der Waals surface area (Å²) >= 11 is 0. The fourth-order valence-electron chi connectivity index (χ4n) is 1.55. The van der Waals surface area contributed by atoms with E-state index in [2.05, 4.69) is 9.97 Å². The molecular formula is C9H10N3NaO2. The molecule has 1 fully saturated rings. The normalized spacial score (nSPS) is 14.8. The number of carboxylic acid groups (broad SMARTS) is 1. The van der Waals surface area contributed by atoms with Crippen LogP contribution in [0.4, 0.5) is 5.82 Å². The molecule has 0 radical (unpaired) electrons. The summed E-state index contributed by atoms with van der Waals surface area (Å²) in [4.78, 5) is 20.3. The topological polar surface area (TPSA) is 69.2 Å². The van der Waals surface area contributed by atoms with Gasteiger partial charge in [-0.1, -0.05) is 0 Å². The first kappa shape index (κ1) is 12.4. The summed E-state index contributed by atoms with van der Waals surface area (Å²) < 4.78 is 0. The number of nitrogens with zero attached hydrogens (tertiary/aromatic N) is 3. The van der Waals surface area contributed by atoms with Crippen molar-refractivity contribution in [2.75, 3.05) is 18.0 Å². The van der Waals surface area contributed by atoms with E-state index in [0.717, 1.165) is 25.9 Å². The zero-order valence-corrected chi connectivity index (χ0v) is 10.6. The molecule has 0 saturated carbocycles. The van der Waals surface area contributed by atoms with Crippen LogP contribution in [0.2, 0.25) is 0 Å². The van der Waals surface area contributed by atoms with Crippen molar-refractivity contribution in [2.24, 2.45) is 0 Å². The Morgan fingerprint density at radius 1 is 1.33 bits per heavy atom. The van der Waals surface area contributed by atoms with Gasteiger partial charge in [-0.15, -0.1) is 0 Å². The second-order valence-electron chi connectivity index (χ2n) is 3.24. The van der Waals surface area contributed by atoms with Crippen LogP contribution in [0, 0.1) is 0 Å². The second-order valence-corrected chi connectivity index (χ2v) is 3.24. The molecule has 0 unspecified atom stereocenters. The van der Waals surface area contributed by atoms with E-state index >= 15 is 0 Å². The van der Waals surface area contributed by atoms with Crippen molar-refractivity contribution < 1.29 is 39.5 Å². The van der Waals surface area contributed by atoms with Crippen molar-refractivity contribution in [3.05, 3.63) is 18.1 Å². The van der Waals surface area contributed by atoms with E-state index in [9.17, 15) is 9.90 Å². The van der Waals surface area contributed by atoms with Gasteiger partial charge in [0.25, 0.3) is 0 Å². The molecule has 2 rings (SSSR count). The fraction of sp³-hybridized carbons (Fsp3) is 0.444. The first-order chi connectivity index (χ1) is 6.77. The molecule has 0 amide bonds. The molecule has 0 bridgehead atoms. The van der Waals surface area contributed by atoms with Gasteiger partial charge in [-0.25, -0.2) is 4.98 Å². The Balaban J connectivity index is 0.00000112. The van der Waals surface area contributed by atoms with Crippen LogP contribution in [0.15, 0.2) is 12.4 Å². The van der Waals surface area contributed by atoms with E-state index in [-0.39, 0.29) is 35.3 Å². The maximum atomic E-state index is 10.5. The zero-order chi connectivity index (χ0) is 9.97. The Hall–Kier alpha value is -0.650. The van der Waals surface area contributed by atoms with Crippen LogP contribution in [0.3, 0.4) is 0 Å². The summed E-state index contributed by atoms with van der Waals surface area (Å²) in [5.41, 5.74) is -0.102. The molecule has 2 heterocycles. The molecule has 15 heavy (non-hydrogen) atoms. The van der Waals surface area contributed by atoms with Gasteiger partial charge in [0.1, 0.15) is 11.5 Å². The molecular weight excluding hydrogens is 205 g/mol. The maximum absolute atomic E-state index is 10.5. The number of aromatic nitrogens is 2. The predicted molar refractivity (Wildman–Crippen MR) is 47.8 cm³/mol. The van der Waals surface area contributed by atoms with Gasteiger partial charge in [-0.2, -0.15) is 0 Å². The second kappa shape index (κ2) is 5.44. The van der Waals surface area contributed by atoms with E-state index < -0.39 is 5.97 Å². The molecule has 1 aliphatic rings. The number of hydrogen-bond donors (Lipinski definition) is 0. The number of rotatable bonds is 2. The molecule has 1 aromatic rings. The average Bonchev–Trinajstić information content (AvgIpc) is 2.71. The van der Waals surface area contributed by atoms with E-state index in [0.29, 0.717) is 5.82 Å². The van der Waals surface area contributed by atoms with Crippen LogP contribution in [-0.2, 0) is 0 Å². The van der Waals surface area contributed by atoms with E-state index in [4.69, 9.17) is 0 Å². The van der Waals surface area contributed by atoms with Crippen molar-refractivity contribution in [1.82, 2.24) is 9.97 Å². The Morgan fingerprint density at radius 2 is 2.00 bits per heavy atom. The summed E-state index contributed by atoms with van der Waals surface area (Å²) in [6, 6.07) is 0. The number of carbonyl (C=O) groups is 1. The quantitative estimate of drug-likeness (QED) is 0.478. The summed E-state index contributed by atoms with van der Waals surface area (Å²) in [5.74, 6) is -0.650. The SMILES string of the molecule is O=C([O-])c1cncc(N2CCCC2)n1.[Na+]. The Kier molecular flexibility index (Phi) is 4.50. The third kappa shape index (κ3) is 2.90. The molecule has 5 nitrogen and oxygen atoms in total. The van der Waals surface area contributed by atoms with Gasteiger partial charge in [-0.3, -0.25) is 4.98 Å². The molecule has 74 valence electrons. The number of hydrogen-bond acceptors (Lipinski definition) is 5. The van der Waals surface area contributed by atoms with Crippen LogP contribution in [0.5, 0.6) is 0 Å². The minimum Gasteiger partial charge on any atom is -0.543 e. The van der Waals surface area contributed by atoms with Crippen molar-refractivity contribution in [3.63, 3.8) is 0 Å². The molecule has 0 N–H and O–H groups in total. The third-order valence-corrected chi connectivity index (χ3v) is 2.26. The number of aromatic carboxylic acids is 1. The van der Waals surface area contributed by atoms with E-state index in [1.807, 2.05) is 4.90 Å². The minimum absolute atomic E-state index is 0. The summed E-state index contributed by atoms with van der Waals surface area (Å²) in [6.45, 7) is 1.84. The minimum atomic E-state index is -1.28. The summed E-state index contributed by atoms with van der Waals surface area (Å²) in [6.07, 6.45) is 5.03. The summed E-state index contributed by atoms with van der Waals surface area (Å²) in [5, 5.41) is 10.5. The van der Waals surface area contributed by atoms with Crippen molar-refractivity contribution >= 4 is 11.8 Å². The smallest absolute Gasteiger partial charge is 0.543 e. The standard InChI is InChI=1S/C9H11N3O2.Na/c13-9(14)7-5-10-6-8(11-7)12-3-1-2-4-12;/h5-6H,1-4H2,(H,13,14);/q;+1/p-1. The van der Waals surface area contributed by atoms with Crippen molar-refractivity contribution in [3.8, 4) is 0 Å². The van der Waals surface area contributed by atoms with Gasteiger partial charge in [0, 0.05) is 13.1 Å². The first-order valence-corrected chi connectivity index (χ1v) is 4.56. The van der Waals surface area contributed by atoms with Crippen LogP contribution < -0.4 is 39.6 Å². The third-order valence-electron chi connectivity index (χ3n) is 2.26. The van der Waals surface area contributed by atoms with E-state index in [1.165, 1.54) is 6.20 Å². The Bertz CT molecular complexity index is 353. The zero-order valence-electron chi connectivity index (χ0n) is 8.64. The largest absolute Gasteiger partial charge is 1.00 e. The number of carboxylic acids is 1. The molecule has 0 aromatic carbocycles. The van der Waals surface area contributed by atoms with Crippen LogP contribution in [0.1, 0.15) is 23.3 Å². The average molecular weight is 215 g/mol. The van der Waals surface area contributed by atoms with Gasteiger partial charge >= 0.3 is 29.6 Å². The van der Waals surface area contributed by atoms with Crippen LogP contribution in [-0.4, -0.2) is 29.0 Å². The number of anilines is 1. The number of carbonyl (C=O) groups excluding carboxylic acids is 1. The van der Waals surface area contributed by atoms with Gasteiger partial charge in [0.15, 0.2) is 0 Å². The van der Waals surface area contributed by atoms with Gasteiger partial charge in [0.05, 0.1) is 18.4 Å². The molecule has 6 heteroatoms. The van der Waals surface area contributed by atoms with Crippen molar-refractivity contribution in [1.29, 1.82) is 0 Å². The van der Waals surface area contributed by atoms with Gasteiger partial charge in [0.2, 0.25) is 0 Å². The predicted octanol–water partition coefficient (Wildman–Crippen LogP) is -3.56. The molecule has 0 spiro atoms. The van der Waals surface area contributed by atoms with Crippen molar-refractivity contribution in [2.45, 2.75) is 12.8 Å². The maximum Gasteiger partial charge on any atom is 1.00 e. The molecule has 0 atom stereocenters. The van der Waals surface area contributed by atoms with Gasteiger partial charge in [-0.05, 0) is 12.8 Å². The fourth-order valence-corrected chi connectivity index (χ4v) is 1.55. The molecule has 1 saturated heterocycles. The summed E-state index contributed by atoms with van der Waals surface area (Å²) in [7, 11) is 0. The monoisotopic (exact) mass is 215 g/mol. The van der Waals surface area contributed by atoms with Crippen LogP contribution in [0.25, 0.3) is 0 Å². The molecule has 1 aliphatic heterocycles. The Labute approximate surface area is 110 Å². The first-order valence-electron chi connectivity index (χ1n) is 4.56.